The molecule has 184 valence electrons. The number of piperidine rings is 1. The second-order valence-electron chi connectivity index (χ2n) is 9.96. The number of fused-ring (bicyclic) bond motifs is 1. The fraction of sp³-hybridized carbons (Fsp3) is 0.400. The highest BCUT2D eigenvalue weighted by Crippen LogP contribution is 2.40. The number of hydrogen-bond donors (Lipinski definition) is 3. The van der Waals surface area contributed by atoms with Gasteiger partial charge in [-0.3, -0.25) is 0 Å². The smallest absolute Gasteiger partial charge is 0.361 e. The monoisotopic (exact) mass is 484 g/mol. The van der Waals surface area contributed by atoms with E-state index in [1.54, 1.807) is 12.3 Å². The maximum absolute atomic E-state index is 13.9. The predicted octanol–water partition coefficient (Wildman–Crippen LogP) is 5.72. The van der Waals surface area contributed by atoms with Crippen molar-refractivity contribution in [1.29, 1.82) is 0 Å². The lowest BCUT2D eigenvalue weighted by Crippen LogP contribution is -2.47. The molecular formula is C25H27F3N6O. The van der Waals surface area contributed by atoms with Crippen LogP contribution >= 0.6 is 0 Å². The summed E-state index contributed by atoms with van der Waals surface area (Å²) >= 11 is 0. The molecule has 5 rings (SSSR count). The average molecular weight is 485 g/mol. The molecule has 10 heteroatoms. The summed E-state index contributed by atoms with van der Waals surface area (Å²) in [5.74, 6) is 0.860. The molecular weight excluding hydrogens is 457 g/mol. The van der Waals surface area contributed by atoms with Gasteiger partial charge in [-0.05, 0) is 37.3 Å². The number of aryl methyl sites for hydroxylation is 2. The molecule has 0 amide bonds. The van der Waals surface area contributed by atoms with Gasteiger partial charge in [0.2, 0.25) is 5.95 Å². The summed E-state index contributed by atoms with van der Waals surface area (Å²) in [5, 5.41) is 11.2. The van der Waals surface area contributed by atoms with E-state index in [4.69, 9.17) is 4.52 Å². The van der Waals surface area contributed by atoms with E-state index in [0.717, 1.165) is 36.0 Å². The molecule has 1 saturated heterocycles. The lowest BCUT2D eigenvalue weighted by Gasteiger charge is -2.36. The highest BCUT2D eigenvalue weighted by atomic mass is 19.4. The molecule has 4 heterocycles. The Morgan fingerprint density at radius 2 is 2.00 bits per heavy atom. The summed E-state index contributed by atoms with van der Waals surface area (Å²) in [5.41, 5.74) is 2.59. The molecule has 0 spiro atoms. The van der Waals surface area contributed by atoms with E-state index in [2.05, 4.69) is 44.6 Å². The largest absolute Gasteiger partial charge is 0.419 e. The number of nitrogens with one attached hydrogen (secondary N) is 3. The van der Waals surface area contributed by atoms with Crippen molar-refractivity contribution in [2.75, 3.05) is 18.4 Å². The number of aromatic nitrogens is 4. The molecule has 7 nitrogen and oxygen atoms in total. The van der Waals surface area contributed by atoms with Crippen LogP contribution in [-0.2, 0) is 6.18 Å². The van der Waals surface area contributed by atoms with Crippen LogP contribution in [0.2, 0.25) is 0 Å². The minimum atomic E-state index is -4.59. The molecule has 1 fully saturated rings. The third kappa shape index (κ3) is 4.50. The minimum absolute atomic E-state index is 0.0175. The zero-order chi connectivity index (χ0) is 25.0. The van der Waals surface area contributed by atoms with Crippen LogP contribution in [0.25, 0.3) is 33.3 Å². The quantitative estimate of drug-likeness (QED) is 0.343. The fourth-order valence-corrected chi connectivity index (χ4v) is 4.92. The van der Waals surface area contributed by atoms with Gasteiger partial charge in [0, 0.05) is 53.6 Å². The predicted molar refractivity (Wildman–Crippen MR) is 128 cm³/mol. The number of alkyl halides is 3. The molecule has 1 aliphatic heterocycles. The van der Waals surface area contributed by atoms with Crippen molar-refractivity contribution >= 4 is 16.9 Å². The Bertz CT molecular complexity index is 1370. The zero-order valence-electron chi connectivity index (χ0n) is 20.0. The molecule has 0 unspecified atom stereocenters. The number of halogens is 3. The fourth-order valence-electron chi connectivity index (χ4n) is 4.92. The first-order valence-electron chi connectivity index (χ1n) is 11.5. The number of aromatic amines is 1. The van der Waals surface area contributed by atoms with Crippen LogP contribution in [0.1, 0.15) is 37.3 Å². The van der Waals surface area contributed by atoms with E-state index >= 15 is 0 Å². The van der Waals surface area contributed by atoms with Crippen molar-refractivity contribution in [3.63, 3.8) is 0 Å². The molecule has 3 aromatic heterocycles. The Labute approximate surface area is 200 Å². The summed E-state index contributed by atoms with van der Waals surface area (Å²) in [6.07, 6.45) is -1.31. The van der Waals surface area contributed by atoms with Gasteiger partial charge in [0.05, 0.1) is 11.4 Å². The highest BCUT2D eigenvalue weighted by Gasteiger charge is 2.36. The summed E-state index contributed by atoms with van der Waals surface area (Å²) in [7, 11) is 0. The summed E-state index contributed by atoms with van der Waals surface area (Å²) in [4.78, 5) is 11.5. The number of anilines is 1. The third-order valence-corrected chi connectivity index (χ3v) is 6.48. The van der Waals surface area contributed by atoms with Crippen molar-refractivity contribution in [2.45, 2.75) is 46.3 Å². The first-order valence-corrected chi connectivity index (χ1v) is 11.5. The topological polar surface area (TPSA) is 91.7 Å². The van der Waals surface area contributed by atoms with Crippen LogP contribution in [0.15, 0.2) is 35.1 Å². The number of rotatable bonds is 4. The number of nitrogens with zero attached hydrogens (tertiary/aromatic N) is 3. The van der Waals surface area contributed by atoms with Crippen molar-refractivity contribution in [3.05, 3.63) is 47.6 Å². The Morgan fingerprint density at radius 3 is 2.69 bits per heavy atom. The van der Waals surface area contributed by atoms with Crippen LogP contribution in [0.5, 0.6) is 0 Å². The molecule has 0 radical (unpaired) electrons. The molecule has 0 saturated carbocycles. The van der Waals surface area contributed by atoms with E-state index in [-0.39, 0.29) is 23.1 Å². The van der Waals surface area contributed by atoms with Gasteiger partial charge >= 0.3 is 6.18 Å². The van der Waals surface area contributed by atoms with Gasteiger partial charge in [-0.25, -0.2) is 9.97 Å². The molecule has 3 N–H and O–H groups in total. The van der Waals surface area contributed by atoms with Crippen molar-refractivity contribution in [3.8, 4) is 22.4 Å². The molecule has 0 bridgehead atoms. The lowest BCUT2D eigenvalue weighted by atomic mass is 9.83. The minimum Gasteiger partial charge on any atom is -0.361 e. The van der Waals surface area contributed by atoms with Crippen molar-refractivity contribution < 1.29 is 17.7 Å². The van der Waals surface area contributed by atoms with Gasteiger partial charge < -0.3 is 20.1 Å². The maximum atomic E-state index is 13.9. The number of benzene rings is 1. The summed E-state index contributed by atoms with van der Waals surface area (Å²) < 4.78 is 47.1. The van der Waals surface area contributed by atoms with E-state index in [1.807, 2.05) is 26.0 Å². The zero-order valence-corrected chi connectivity index (χ0v) is 20.0. The molecule has 1 aromatic carbocycles. The Balaban J connectivity index is 1.55. The third-order valence-electron chi connectivity index (χ3n) is 6.48. The maximum Gasteiger partial charge on any atom is 0.419 e. The van der Waals surface area contributed by atoms with Gasteiger partial charge in [0.25, 0.3) is 0 Å². The first-order chi connectivity index (χ1) is 16.5. The van der Waals surface area contributed by atoms with Gasteiger partial charge in [-0.15, -0.1) is 0 Å². The normalized spacial score (nSPS) is 18.2. The second kappa shape index (κ2) is 8.37. The van der Waals surface area contributed by atoms with E-state index in [9.17, 15) is 13.2 Å². The number of H-pyrrole nitrogens is 1. The first kappa shape index (κ1) is 23.3. The average Bonchev–Trinajstić information content (AvgIpc) is 3.34. The van der Waals surface area contributed by atoms with Gasteiger partial charge in [-0.2, -0.15) is 13.2 Å². The molecule has 4 aromatic rings. The van der Waals surface area contributed by atoms with Gasteiger partial charge in [0.1, 0.15) is 11.3 Å². The van der Waals surface area contributed by atoms with Crippen molar-refractivity contribution in [2.24, 2.45) is 5.41 Å². The van der Waals surface area contributed by atoms with Crippen LogP contribution in [0, 0.1) is 19.3 Å². The van der Waals surface area contributed by atoms with Crippen LogP contribution in [-0.4, -0.2) is 39.2 Å². The molecule has 1 atom stereocenters. The van der Waals surface area contributed by atoms with E-state index in [0.29, 0.717) is 28.8 Å². The molecule has 0 aliphatic carbocycles. The summed E-state index contributed by atoms with van der Waals surface area (Å²) in [6.45, 7) is 9.55. The lowest BCUT2D eigenvalue weighted by molar-refractivity contribution is -0.137. The van der Waals surface area contributed by atoms with Crippen LogP contribution in [0.3, 0.4) is 0 Å². The Morgan fingerprint density at radius 1 is 1.20 bits per heavy atom. The van der Waals surface area contributed by atoms with Crippen molar-refractivity contribution in [1.82, 2.24) is 25.4 Å². The second-order valence-corrected chi connectivity index (χ2v) is 9.96. The SMILES string of the molecule is Cc1noc(C)c1-c1ccc2c(-c3nc(N[C@@H]4CNCC(C)(C)C4)ncc3C(F)(F)F)c[nH]c2c1. The van der Waals surface area contributed by atoms with Gasteiger partial charge in [0.15, 0.2) is 0 Å². The molecule has 35 heavy (non-hydrogen) atoms. The molecule has 1 aliphatic rings. The summed E-state index contributed by atoms with van der Waals surface area (Å²) in [6, 6.07) is 5.55. The van der Waals surface area contributed by atoms with Gasteiger partial charge in [-0.1, -0.05) is 31.1 Å². The highest BCUT2D eigenvalue weighted by molar-refractivity contribution is 5.97. The van der Waals surface area contributed by atoms with E-state index in [1.165, 1.54) is 0 Å². The van der Waals surface area contributed by atoms with E-state index < -0.39 is 11.7 Å². The number of hydrogen-bond acceptors (Lipinski definition) is 6. The Hall–Kier alpha value is -3.40. The standard InChI is InChI=1S/C25H27F3N6O/c1-13-21(14(2)35-34-13)15-5-6-17-18(10-30-20(17)7-15)22-19(25(26,27)28)11-31-23(33-22)32-16-8-24(3,4)12-29-9-16/h5-7,10-11,16,29-30H,8-9,12H2,1-4H3,(H,31,32,33)/t16-/m0/s1. The van der Waals surface area contributed by atoms with Crippen LogP contribution in [0.4, 0.5) is 19.1 Å². The van der Waals surface area contributed by atoms with Crippen LogP contribution < -0.4 is 10.6 Å². The Kier molecular flexibility index (Phi) is 5.58.